The van der Waals surface area contributed by atoms with Crippen molar-refractivity contribution in [2.75, 3.05) is 33.7 Å². The molecular weight excluding hydrogens is 357 g/mol. The zero-order valence-corrected chi connectivity index (χ0v) is 16.5. The number of rotatable bonds is 6. The third-order valence-electron chi connectivity index (χ3n) is 5.32. The number of ether oxygens (including phenoxy) is 1. The third kappa shape index (κ3) is 4.88. The van der Waals surface area contributed by atoms with Crippen LogP contribution in [0, 0.1) is 5.82 Å². The molecule has 1 amide bonds. The number of hydrogen-bond acceptors (Lipinski definition) is 4. The summed E-state index contributed by atoms with van der Waals surface area (Å²) in [4.78, 5) is 16.8. The van der Waals surface area contributed by atoms with E-state index in [2.05, 4.69) is 11.9 Å². The van der Waals surface area contributed by atoms with Gasteiger partial charge in [-0.25, -0.2) is 4.39 Å². The SMILES string of the molecule is CN1CCC(N(C)C(=O)c2cc(Oc3ccc(CCN)cc3)ccc2F)CC1. The van der Waals surface area contributed by atoms with Crippen LogP contribution in [-0.4, -0.2) is 55.5 Å². The number of amides is 1. The van der Waals surface area contributed by atoms with Crippen LogP contribution in [0.1, 0.15) is 28.8 Å². The molecule has 0 atom stereocenters. The molecule has 28 heavy (non-hydrogen) atoms. The van der Waals surface area contributed by atoms with Gasteiger partial charge in [-0.05, 0) is 81.8 Å². The number of carbonyl (C=O) groups excluding carboxylic acids is 1. The standard InChI is InChI=1S/C22H28FN3O2/c1-25-13-10-17(11-14-25)26(2)22(27)20-15-19(7-8-21(20)23)28-18-5-3-16(4-6-18)9-12-24/h3-8,15,17H,9-14,24H2,1-2H3. The van der Waals surface area contributed by atoms with Gasteiger partial charge in [-0.3, -0.25) is 4.79 Å². The topological polar surface area (TPSA) is 58.8 Å². The lowest BCUT2D eigenvalue weighted by atomic mass is 10.0. The normalized spacial score (nSPS) is 15.4. The summed E-state index contributed by atoms with van der Waals surface area (Å²) in [6.45, 7) is 2.47. The van der Waals surface area contributed by atoms with E-state index >= 15 is 0 Å². The van der Waals surface area contributed by atoms with E-state index in [1.807, 2.05) is 24.3 Å². The lowest BCUT2D eigenvalue weighted by molar-refractivity contribution is 0.0654. The minimum absolute atomic E-state index is 0.0404. The first-order valence-corrected chi connectivity index (χ1v) is 9.70. The second-order valence-electron chi connectivity index (χ2n) is 7.38. The number of hydrogen-bond donors (Lipinski definition) is 1. The van der Waals surface area contributed by atoms with Crippen molar-refractivity contribution in [3.05, 3.63) is 59.4 Å². The number of benzene rings is 2. The Labute approximate surface area is 165 Å². The highest BCUT2D eigenvalue weighted by Crippen LogP contribution is 2.26. The monoisotopic (exact) mass is 385 g/mol. The summed E-state index contributed by atoms with van der Waals surface area (Å²) in [7, 11) is 3.82. The van der Waals surface area contributed by atoms with Crippen LogP contribution in [0.5, 0.6) is 11.5 Å². The smallest absolute Gasteiger partial charge is 0.256 e. The Balaban J connectivity index is 1.72. The summed E-state index contributed by atoms with van der Waals surface area (Å²) in [5.41, 5.74) is 6.73. The first kappa shape index (κ1) is 20.3. The maximum absolute atomic E-state index is 14.4. The molecule has 0 radical (unpaired) electrons. The second kappa shape index (κ2) is 9.17. The Bertz CT molecular complexity index is 802. The molecule has 1 aliphatic rings. The van der Waals surface area contributed by atoms with Crippen molar-refractivity contribution in [1.29, 1.82) is 0 Å². The second-order valence-corrected chi connectivity index (χ2v) is 7.38. The Hall–Kier alpha value is -2.44. The third-order valence-corrected chi connectivity index (χ3v) is 5.32. The average molecular weight is 385 g/mol. The van der Waals surface area contributed by atoms with Crippen LogP contribution in [0.25, 0.3) is 0 Å². The van der Waals surface area contributed by atoms with Gasteiger partial charge < -0.3 is 20.3 Å². The summed E-state index contributed by atoms with van der Waals surface area (Å²) >= 11 is 0. The quantitative estimate of drug-likeness (QED) is 0.829. The first-order valence-electron chi connectivity index (χ1n) is 9.70. The highest BCUT2D eigenvalue weighted by atomic mass is 19.1. The maximum atomic E-state index is 14.4. The highest BCUT2D eigenvalue weighted by molar-refractivity contribution is 5.95. The molecule has 150 valence electrons. The van der Waals surface area contributed by atoms with Gasteiger partial charge in [-0.15, -0.1) is 0 Å². The minimum atomic E-state index is -0.532. The fourth-order valence-electron chi connectivity index (χ4n) is 3.50. The molecule has 6 heteroatoms. The van der Waals surface area contributed by atoms with E-state index in [-0.39, 0.29) is 17.5 Å². The Morgan fingerprint density at radius 1 is 1.18 bits per heavy atom. The van der Waals surface area contributed by atoms with Crippen LogP contribution >= 0.6 is 0 Å². The van der Waals surface area contributed by atoms with E-state index in [9.17, 15) is 9.18 Å². The van der Waals surface area contributed by atoms with Crippen molar-refractivity contribution in [3.8, 4) is 11.5 Å². The average Bonchev–Trinajstić information content (AvgIpc) is 2.70. The molecule has 0 spiro atoms. The maximum Gasteiger partial charge on any atom is 0.256 e. The summed E-state index contributed by atoms with van der Waals surface area (Å²) in [5.74, 6) is 0.230. The number of carbonyl (C=O) groups is 1. The molecule has 2 N–H and O–H groups in total. The summed E-state index contributed by atoms with van der Waals surface area (Å²) < 4.78 is 20.2. The number of halogens is 1. The van der Waals surface area contributed by atoms with Crippen molar-refractivity contribution in [3.63, 3.8) is 0 Å². The van der Waals surface area contributed by atoms with Crippen molar-refractivity contribution in [1.82, 2.24) is 9.80 Å². The van der Waals surface area contributed by atoms with Gasteiger partial charge in [0.25, 0.3) is 5.91 Å². The molecule has 0 aliphatic carbocycles. The van der Waals surface area contributed by atoms with Crippen LogP contribution in [0.3, 0.4) is 0 Å². The Morgan fingerprint density at radius 3 is 2.46 bits per heavy atom. The molecular formula is C22H28FN3O2. The molecule has 0 unspecified atom stereocenters. The van der Waals surface area contributed by atoms with Crippen molar-refractivity contribution in [2.45, 2.75) is 25.3 Å². The fourth-order valence-corrected chi connectivity index (χ4v) is 3.50. The molecule has 1 heterocycles. The minimum Gasteiger partial charge on any atom is -0.457 e. The number of nitrogens with zero attached hydrogens (tertiary/aromatic N) is 2. The molecule has 2 aromatic rings. The number of piperidine rings is 1. The summed E-state index contributed by atoms with van der Waals surface area (Å²) in [6, 6.07) is 12.0. The van der Waals surface area contributed by atoms with Crippen LogP contribution < -0.4 is 10.5 Å². The summed E-state index contributed by atoms with van der Waals surface area (Å²) in [6.07, 6.45) is 2.59. The zero-order chi connectivity index (χ0) is 20.1. The van der Waals surface area contributed by atoms with E-state index in [1.54, 1.807) is 11.9 Å². The molecule has 0 aromatic heterocycles. The van der Waals surface area contributed by atoms with Gasteiger partial charge in [0.15, 0.2) is 0 Å². The molecule has 0 saturated carbocycles. The van der Waals surface area contributed by atoms with Gasteiger partial charge in [-0.1, -0.05) is 12.1 Å². The van der Waals surface area contributed by atoms with Gasteiger partial charge in [0.05, 0.1) is 5.56 Å². The predicted molar refractivity (Wildman–Crippen MR) is 108 cm³/mol. The van der Waals surface area contributed by atoms with E-state index < -0.39 is 5.82 Å². The first-order chi connectivity index (χ1) is 13.5. The highest BCUT2D eigenvalue weighted by Gasteiger charge is 2.26. The van der Waals surface area contributed by atoms with Crippen molar-refractivity contribution < 1.29 is 13.9 Å². The zero-order valence-electron chi connectivity index (χ0n) is 16.5. The van der Waals surface area contributed by atoms with Crippen LogP contribution in [0.4, 0.5) is 4.39 Å². The molecule has 3 rings (SSSR count). The summed E-state index contributed by atoms with van der Waals surface area (Å²) in [5, 5.41) is 0. The molecule has 1 saturated heterocycles. The van der Waals surface area contributed by atoms with E-state index in [0.717, 1.165) is 37.9 Å². The molecule has 0 bridgehead atoms. The van der Waals surface area contributed by atoms with Gasteiger partial charge in [0.2, 0.25) is 0 Å². The number of nitrogens with two attached hydrogens (primary N) is 1. The van der Waals surface area contributed by atoms with Crippen LogP contribution in [0.2, 0.25) is 0 Å². The van der Waals surface area contributed by atoms with Crippen LogP contribution in [0.15, 0.2) is 42.5 Å². The Morgan fingerprint density at radius 2 is 1.82 bits per heavy atom. The molecule has 1 aliphatic heterocycles. The van der Waals surface area contributed by atoms with E-state index in [0.29, 0.717) is 18.0 Å². The predicted octanol–water partition coefficient (Wildman–Crippen LogP) is 3.29. The van der Waals surface area contributed by atoms with Gasteiger partial charge in [0, 0.05) is 13.1 Å². The van der Waals surface area contributed by atoms with E-state index in [1.165, 1.54) is 18.2 Å². The van der Waals surface area contributed by atoms with Gasteiger partial charge in [-0.2, -0.15) is 0 Å². The van der Waals surface area contributed by atoms with E-state index in [4.69, 9.17) is 10.5 Å². The van der Waals surface area contributed by atoms with Crippen molar-refractivity contribution >= 4 is 5.91 Å². The molecule has 2 aromatic carbocycles. The van der Waals surface area contributed by atoms with Gasteiger partial charge in [0.1, 0.15) is 17.3 Å². The Kier molecular flexibility index (Phi) is 6.65. The van der Waals surface area contributed by atoms with Gasteiger partial charge >= 0.3 is 0 Å². The van der Waals surface area contributed by atoms with Crippen molar-refractivity contribution in [2.24, 2.45) is 5.73 Å². The largest absolute Gasteiger partial charge is 0.457 e. The fraction of sp³-hybridized carbons (Fsp3) is 0.409. The lowest BCUT2D eigenvalue weighted by Gasteiger charge is -2.35. The van der Waals surface area contributed by atoms with Crippen LogP contribution in [-0.2, 0) is 6.42 Å². The molecule has 5 nitrogen and oxygen atoms in total. The lowest BCUT2D eigenvalue weighted by Crippen LogP contribution is -2.44. The number of likely N-dealkylation sites (tertiary alicyclic amines) is 1. The molecule has 1 fully saturated rings.